The van der Waals surface area contributed by atoms with Crippen molar-refractivity contribution in [3.05, 3.63) is 89.4 Å². The predicted octanol–water partition coefficient (Wildman–Crippen LogP) is 5.42. The third-order valence-corrected chi connectivity index (χ3v) is 7.10. The van der Waals surface area contributed by atoms with Crippen molar-refractivity contribution in [2.75, 3.05) is 18.6 Å². The van der Waals surface area contributed by atoms with Crippen molar-refractivity contribution in [3.63, 3.8) is 0 Å². The SMILES string of the molecule is COc1ccc2nc(C)cc(N3CCc4c(cc(Cn5ccnc5)cc4-c4cn(C)nc4C(F)(F)F)C3=O)c2c1. The number of ether oxygens (including phenoxy) is 1. The third-order valence-electron chi connectivity index (χ3n) is 7.10. The fourth-order valence-corrected chi connectivity index (χ4v) is 5.38. The second-order valence-electron chi connectivity index (χ2n) is 9.84. The smallest absolute Gasteiger partial charge is 0.435 e. The molecule has 0 spiro atoms. The average Bonchev–Trinajstić information content (AvgIpc) is 3.57. The standard InChI is InChI=1S/C29H25F3N6O2/c1-17-10-26(23-13-19(40-3)4-5-25(23)34-17)38-8-6-20-21(24-15-36(2)35-27(24)29(30,31)32)11-18(12-22(20)28(38)39)14-37-9-7-33-16-37/h4-5,7,9-13,15-16H,6,8,14H2,1-3H3. The third kappa shape index (κ3) is 4.47. The minimum atomic E-state index is -4.65. The van der Waals surface area contributed by atoms with Crippen molar-refractivity contribution >= 4 is 22.5 Å². The Labute approximate surface area is 227 Å². The molecule has 0 bridgehead atoms. The number of halogens is 3. The van der Waals surface area contributed by atoms with E-state index < -0.39 is 11.9 Å². The van der Waals surface area contributed by atoms with E-state index in [9.17, 15) is 18.0 Å². The summed E-state index contributed by atoms with van der Waals surface area (Å²) in [6.45, 7) is 2.48. The number of anilines is 1. The van der Waals surface area contributed by atoms with Crippen LogP contribution in [-0.2, 0) is 26.2 Å². The van der Waals surface area contributed by atoms with Gasteiger partial charge in [-0.05, 0) is 66.4 Å². The van der Waals surface area contributed by atoms with Crippen LogP contribution >= 0.6 is 0 Å². The van der Waals surface area contributed by atoms with Crippen molar-refractivity contribution in [2.45, 2.75) is 26.1 Å². The predicted molar refractivity (Wildman–Crippen MR) is 143 cm³/mol. The largest absolute Gasteiger partial charge is 0.497 e. The fourth-order valence-electron chi connectivity index (χ4n) is 5.38. The molecular weight excluding hydrogens is 521 g/mol. The molecule has 6 rings (SSSR count). The van der Waals surface area contributed by atoms with Crippen molar-refractivity contribution in [1.29, 1.82) is 0 Å². The van der Waals surface area contributed by atoms with Crippen LogP contribution in [0.2, 0.25) is 0 Å². The number of aromatic nitrogens is 5. The maximum atomic E-state index is 14.2. The Hall–Kier alpha value is -4.67. The quantitative estimate of drug-likeness (QED) is 0.294. The van der Waals surface area contributed by atoms with Gasteiger partial charge in [0.05, 0.1) is 24.6 Å². The lowest BCUT2D eigenvalue weighted by Gasteiger charge is -2.31. The number of imidazole rings is 1. The van der Waals surface area contributed by atoms with E-state index in [-0.39, 0.29) is 18.0 Å². The van der Waals surface area contributed by atoms with Gasteiger partial charge in [0.1, 0.15) is 5.75 Å². The lowest BCUT2D eigenvalue weighted by atomic mass is 9.87. The molecular formula is C29H25F3N6O2. The molecule has 0 atom stereocenters. The van der Waals surface area contributed by atoms with Crippen LogP contribution in [0.5, 0.6) is 5.75 Å². The van der Waals surface area contributed by atoms with E-state index in [0.29, 0.717) is 52.2 Å². The summed E-state index contributed by atoms with van der Waals surface area (Å²) in [4.78, 5) is 24.5. The lowest BCUT2D eigenvalue weighted by Crippen LogP contribution is -2.38. The van der Waals surface area contributed by atoms with Gasteiger partial charge in [-0.25, -0.2) is 4.98 Å². The highest BCUT2D eigenvalue weighted by atomic mass is 19.4. The second kappa shape index (κ2) is 9.51. The molecule has 40 heavy (non-hydrogen) atoms. The van der Waals surface area contributed by atoms with Gasteiger partial charge in [-0.2, -0.15) is 18.3 Å². The number of methoxy groups -OCH3 is 1. The number of hydrogen-bond acceptors (Lipinski definition) is 5. The number of alkyl halides is 3. The number of benzene rings is 2. The molecule has 1 aliphatic rings. The average molecular weight is 547 g/mol. The van der Waals surface area contributed by atoms with Crippen molar-refractivity contribution in [3.8, 4) is 16.9 Å². The van der Waals surface area contributed by atoms with Crippen LogP contribution in [0, 0.1) is 6.92 Å². The van der Waals surface area contributed by atoms with Crippen LogP contribution in [0.3, 0.4) is 0 Å². The van der Waals surface area contributed by atoms with Crippen LogP contribution in [0.15, 0.2) is 61.3 Å². The van der Waals surface area contributed by atoms with Crippen LogP contribution in [-0.4, -0.2) is 43.9 Å². The molecule has 0 unspecified atom stereocenters. The van der Waals surface area contributed by atoms with Crippen LogP contribution in [0.1, 0.15) is 32.9 Å². The Morgan fingerprint density at radius 1 is 1.07 bits per heavy atom. The first-order valence-corrected chi connectivity index (χ1v) is 12.6. The first-order chi connectivity index (χ1) is 19.1. The van der Waals surface area contributed by atoms with Gasteiger partial charge < -0.3 is 14.2 Å². The minimum absolute atomic E-state index is 0.0464. The molecule has 3 aromatic heterocycles. The first-order valence-electron chi connectivity index (χ1n) is 12.6. The summed E-state index contributed by atoms with van der Waals surface area (Å²) in [6.07, 6.45) is 2.08. The van der Waals surface area contributed by atoms with Crippen LogP contribution < -0.4 is 9.64 Å². The Bertz CT molecular complexity index is 1760. The van der Waals surface area contributed by atoms with Crippen LogP contribution in [0.4, 0.5) is 18.9 Å². The molecule has 2 aromatic carbocycles. The number of amides is 1. The number of fused-ring (bicyclic) bond motifs is 2. The van der Waals surface area contributed by atoms with E-state index >= 15 is 0 Å². The Morgan fingerprint density at radius 2 is 1.88 bits per heavy atom. The summed E-state index contributed by atoms with van der Waals surface area (Å²) in [7, 11) is 3.03. The monoisotopic (exact) mass is 546 g/mol. The maximum Gasteiger partial charge on any atom is 0.435 e. The topological polar surface area (TPSA) is 78.1 Å². The number of carbonyl (C=O) groups is 1. The molecule has 1 aliphatic heterocycles. The summed E-state index contributed by atoms with van der Waals surface area (Å²) in [6, 6.07) is 10.8. The summed E-state index contributed by atoms with van der Waals surface area (Å²) in [5.74, 6) is 0.340. The van der Waals surface area contributed by atoms with E-state index in [1.54, 1.807) is 47.4 Å². The van der Waals surface area contributed by atoms with Crippen molar-refractivity contribution in [1.82, 2.24) is 24.3 Å². The molecule has 8 nitrogen and oxygen atoms in total. The van der Waals surface area contributed by atoms with E-state index in [0.717, 1.165) is 15.8 Å². The Morgan fingerprint density at radius 3 is 2.60 bits per heavy atom. The van der Waals surface area contributed by atoms with E-state index in [1.807, 2.05) is 31.2 Å². The summed E-state index contributed by atoms with van der Waals surface area (Å²) in [5, 5.41) is 4.47. The highest BCUT2D eigenvalue weighted by Gasteiger charge is 2.39. The molecule has 5 aromatic rings. The fraction of sp³-hybridized carbons (Fsp3) is 0.241. The van der Waals surface area contributed by atoms with Gasteiger partial charge in [0.15, 0.2) is 5.69 Å². The van der Waals surface area contributed by atoms with Gasteiger partial charge in [0.25, 0.3) is 5.91 Å². The second-order valence-corrected chi connectivity index (χ2v) is 9.84. The van der Waals surface area contributed by atoms with Gasteiger partial charge in [-0.1, -0.05) is 0 Å². The van der Waals surface area contributed by atoms with Gasteiger partial charge in [0, 0.05) is 60.9 Å². The van der Waals surface area contributed by atoms with Crippen molar-refractivity contribution < 1.29 is 22.7 Å². The number of rotatable bonds is 5. The number of nitrogens with zero attached hydrogens (tertiary/aromatic N) is 6. The van der Waals surface area contributed by atoms with Crippen LogP contribution in [0.25, 0.3) is 22.0 Å². The van der Waals surface area contributed by atoms with Gasteiger partial charge in [0.2, 0.25) is 0 Å². The molecule has 11 heteroatoms. The zero-order valence-electron chi connectivity index (χ0n) is 22.0. The molecule has 0 saturated heterocycles. The van der Waals surface area contributed by atoms with Gasteiger partial charge in [-0.15, -0.1) is 0 Å². The van der Waals surface area contributed by atoms with Gasteiger partial charge in [-0.3, -0.25) is 14.5 Å². The van der Waals surface area contributed by atoms with Crippen molar-refractivity contribution in [2.24, 2.45) is 7.05 Å². The molecule has 0 saturated carbocycles. The number of carbonyl (C=O) groups excluding carboxylic acids is 1. The number of pyridine rings is 1. The zero-order chi connectivity index (χ0) is 28.2. The number of hydrogen-bond donors (Lipinski definition) is 0. The van der Waals surface area contributed by atoms with Gasteiger partial charge >= 0.3 is 6.18 Å². The summed E-state index contributed by atoms with van der Waals surface area (Å²) < 4.78 is 50.4. The minimum Gasteiger partial charge on any atom is -0.497 e. The summed E-state index contributed by atoms with van der Waals surface area (Å²) in [5.41, 5.74) is 3.08. The molecule has 0 fully saturated rings. The van der Waals surface area contributed by atoms with E-state index in [4.69, 9.17) is 4.74 Å². The molecule has 0 N–H and O–H groups in total. The molecule has 0 radical (unpaired) electrons. The van der Waals surface area contributed by atoms with E-state index in [1.165, 1.54) is 13.2 Å². The highest BCUT2D eigenvalue weighted by Crippen LogP contribution is 2.41. The Kier molecular flexibility index (Phi) is 6.09. The molecule has 1 amide bonds. The highest BCUT2D eigenvalue weighted by molar-refractivity contribution is 6.13. The summed E-state index contributed by atoms with van der Waals surface area (Å²) >= 11 is 0. The lowest BCUT2D eigenvalue weighted by molar-refractivity contribution is -0.140. The molecule has 0 aliphatic carbocycles. The molecule has 204 valence electrons. The normalized spacial score (nSPS) is 13.7. The number of aryl methyl sites for hydroxylation is 2. The van der Waals surface area contributed by atoms with E-state index in [2.05, 4.69) is 15.1 Å². The molecule has 4 heterocycles. The first kappa shape index (κ1) is 25.6. The maximum absolute atomic E-state index is 14.2. The zero-order valence-corrected chi connectivity index (χ0v) is 22.0. The Balaban J connectivity index is 1.53.